The third kappa shape index (κ3) is 11.5. The Morgan fingerprint density at radius 1 is 1.38 bits per heavy atom. The summed E-state index contributed by atoms with van der Waals surface area (Å²) in [4.78, 5) is 20.2. The van der Waals surface area contributed by atoms with Crippen molar-refractivity contribution in [2.75, 3.05) is 19.4 Å². The fraction of sp³-hybridized carbons (Fsp3) is 0.231. The van der Waals surface area contributed by atoms with E-state index in [2.05, 4.69) is 23.4 Å². The van der Waals surface area contributed by atoms with Gasteiger partial charge in [0, 0.05) is 16.7 Å². The number of thioether (sulfide) groups is 1. The first kappa shape index (κ1) is 19.0. The molecule has 8 heteroatoms. The molecule has 0 bridgehead atoms. The number of methoxy groups -OCH3 is 1. The van der Waals surface area contributed by atoms with Crippen molar-refractivity contribution in [2.24, 2.45) is 0 Å². The molecule has 0 saturated carbocycles. The number of carbonyl (C=O) groups is 2. The van der Waals surface area contributed by atoms with Gasteiger partial charge in [0.15, 0.2) is 0 Å². The summed E-state index contributed by atoms with van der Waals surface area (Å²) in [6.07, 6.45) is 0.942. The maximum atomic E-state index is 9.53. The number of rotatable bonds is 7. The van der Waals surface area contributed by atoms with Gasteiger partial charge in [-0.25, -0.2) is 4.79 Å². The highest BCUT2D eigenvalue weighted by molar-refractivity contribution is 7.99. The number of benzene rings is 1. The van der Waals surface area contributed by atoms with E-state index in [4.69, 9.17) is 9.84 Å². The second-order valence-electron chi connectivity index (χ2n) is 3.51. The normalized spacial score (nSPS) is 9.81. The van der Waals surface area contributed by atoms with E-state index in [0.717, 1.165) is 18.0 Å². The maximum Gasteiger partial charge on any atom is 0.328 e. The maximum absolute atomic E-state index is 9.53. The standard InChI is InChI=1S/C9H14N2OS.C4H4O4/c1-12-8-2-4-9(5-3-8)13-7-6-11-10;5-3(6)1-2-4(7)8/h2-5,11H,6-7,10H2,1H3;1-2H,(H,5,6)(H,7,8)/b;2-1-. The highest BCUT2D eigenvalue weighted by atomic mass is 32.2. The Kier molecular flexibility index (Phi) is 10.6. The summed E-state index contributed by atoms with van der Waals surface area (Å²) in [5, 5.41) is 17.2. The average Bonchev–Trinajstić information content (AvgIpc) is 2.47. The molecule has 1 aromatic rings. The SMILES string of the molecule is COc1ccc(SCCN[NH3+])cc1.O=C([O-])/C=C\C(=O)O. The summed E-state index contributed by atoms with van der Waals surface area (Å²) >= 11 is 1.81. The molecule has 0 aliphatic heterocycles. The van der Waals surface area contributed by atoms with Gasteiger partial charge in [-0.15, -0.1) is 11.8 Å². The monoisotopic (exact) mass is 314 g/mol. The molecule has 0 heterocycles. The Balaban J connectivity index is 0.000000433. The number of nitrogens with one attached hydrogen (secondary N) is 1. The molecule has 0 spiro atoms. The van der Waals surface area contributed by atoms with Crippen LogP contribution in [0.1, 0.15) is 0 Å². The molecule has 0 aliphatic rings. The quantitative estimate of drug-likeness (QED) is 0.253. The predicted octanol–water partition coefficient (Wildman–Crippen LogP) is -1.09. The van der Waals surface area contributed by atoms with Gasteiger partial charge in [0.2, 0.25) is 0 Å². The molecule has 0 saturated heterocycles. The van der Waals surface area contributed by atoms with Gasteiger partial charge in [-0.05, 0) is 30.3 Å². The lowest BCUT2D eigenvalue weighted by atomic mass is 10.3. The first-order valence-corrected chi connectivity index (χ1v) is 6.87. The Morgan fingerprint density at radius 2 is 2.00 bits per heavy atom. The third-order valence-electron chi connectivity index (χ3n) is 1.97. The minimum Gasteiger partial charge on any atom is -0.545 e. The summed E-state index contributed by atoms with van der Waals surface area (Å²) in [7, 11) is 1.68. The van der Waals surface area contributed by atoms with Crippen molar-refractivity contribution in [3.8, 4) is 5.75 Å². The molecule has 0 unspecified atom stereocenters. The Hall–Kier alpha value is -2.03. The number of quaternary nitrogens is 1. The van der Waals surface area contributed by atoms with Crippen LogP contribution in [-0.4, -0.2) is 36.5 Å². The zero-order chi connectivity index (χ0) is 16.1. The van der Waals surface area contributed by atoms with Gasteiger partial charge >= 0.3 is 5.97 Å². The van der Waals surface area contributed by atoms with E-state index in [9.17, 15) is 14.7 Å². The summed E-state index contributed by atoms with van der Waals surface area (Å²) < 4.78 is 5.06. The Labute approximate surface area is 126 Å². The van der Waals surface area contributed by atoms with E-state index in [1.807, 2.05) is 12.1 Å². The van der Waals surface area contributed by atoms with Crippen molar-refractivity contribution in [1.29, 1.82) is 0 Å². The number of hydrogen-bond donors (Lipinski definition) is 3. The summed E-state index contributed by atoms with van der Waals surface area (Å²) in [5.41, 5.74) is 2.86. The van der Waals surface area contributed by atoms with Crippen LogP contribution in [0, 0.1) is 0 Å². The van der Waals surface area contributed by atoms with E-state index >= 15 is 0 Å². The lowest BCUT2D eigenvalue weighted by Gasteiger charge is -2.02. The minimum absolute atomic E-state index is 0.447. The number of hydrogen-bond acceptors (Lipinski definition) is 6. The Bertz CT molecular complexity index is 446. The van der Waals surface area contributed by atoms with Crippen LogP contribution >= 0.6 is 11.8 Å². The van der Waals surface area contributed by atoms with Gasteiger partial charge in [-0.1, -0.05) is 0 Å². The molecule has 0 radical (unpaired) electrons. The zero-order valence-electron chi connectivity index (χ0n) is 11.6. The first-order valence-electron chi connectivity index (χ1n) is 5.88. The highest BCUT2D eigenvalue weighted by Gasteiger charge is 1.94. The van der Waals surface area contributed by atoms with Crippen LogP contribution in [0.25, 0.3) is 0 Å². The molecule has 116 valence electrons. The van der Waals surface area contributed by atoms with Crippen molar-refractivity contribution in [2.45, 2.75) is 4.90 Å². The van der Waals surface area contributed by atoms with Gasteiger partial charge in [-0.2, -0.15) is 5.43 Å². The van der Waals surface area contributed by atoms with E-state index < -0.39 is 11.9 Å². The minimum atomic E-state index is -1.51. The van der Waals surface area contributed by atoms with Crippen molar-refractivity contribution < 1.29 is 30.4 Å². The van der Waals surface area contributed by atoms with Crippen LogP contribution in [0.3, 0.4) is 0 Å². The van der Waals surface area contributed by atoms with Crippen LogP contribution < -0.4 is 21.1 Å². The fourth-order valence-electron chi connectivity index (χ4n) is 1.05. The van der Waals surface area contributed by atoms with Crippen LogP contribution in [0.5, 0.6) is 5.75 Å². The number of aliphatic carboxylic acids is 2. The molecule has 21 heavy (non-hydrogen) atoms. The molecular weight excluding hydrogens is 296 g/mol. The largest absolute Gasteiger partial charge is 0.545 e. The molecule has 7 nitrogen and oxygen atoms in total. The molecule has 5 N–H and O–H groups in total. The molecular formula is C13H18N2O5S. The second-order valence-corrected chi connectivity index (χ2v) is 4.68. The lowest BCUT2D eigenvalue weighted by molar-refractivity contribution is -0.441. The molecule has 0 aliphatic carbocycles. The number of carbonyl (C=O) groups excluding carboxylic acids is 1. The third-order valence-corrected chi connectivity index (χ3v) is 2.98. The fourth-order valence-corrected chi connectivity index (χ4v) is 1.86. The molecule has 0 amide bonds. The van der Waals surface area contributed by atoms with Crippen molar-refractivity contribution >= 4 is 23.7 Å². The van der Waals surface area contributed by atoms with Gasteiger partial charge < -0.3 is 19.7 Å². The number of carboxylic acids is 2. The van der Waals surface area contributed by atoms with Crippen LogP contribution in [0.15, 0.2) is 41.3 Å². The van der Waals surface area contributed by atoms with Crippen molar-refractivity contribution in [3.05, 3.63) is 36.4 Å². The summed E-state index contributed by atoms with van der Waals surface area (Å²) in [5.74, 6) is 2.70. The van der Waals surface area contributed by atoms with Gasteiger partial charge in [0.05, 0.1) is 19.6 Å². The van der Waals surface area contributed by atoms with E-state index in [1.54, 1.807) is 18.9 Å². The van der Waals surface area contributed by atoms with E-state index in [1.165, 1.54) is 4.90 Å². The van der Waals surface area contributed by atoms with Crippen LogP contribution in [0.4, 0.5) is 0 Å². The van der Waals surface area contributed by atoms with Crippen LogP contribution in [0.2, 0.25) is 0 Å². The van der Waals surface area contributed by atoms with E-state index in [0.29, 0.717) is 12.2 Å². The van der Waals surface area contributed by atoms with Crippen molar-refractivity contribution in [1.82, 2.24) is 5.43 Å². The summed E-state index contributed by atoms with van der Waals surface area (Å²) in [6, 6.07) is 8.07. The van der Waals surface area contributed by atoms with Gasteiger partial charge in [0.25, 0.3) is 0 Å². The van der Waals surface area contributed by atoms with Crippen LogP contribution in [-0.2, 0) is 9.59 Å². The molecule has 1 rings (SSSR count). The number of ether oxygens (including phenoxy) is 1. The molecule has 0 fully saturated rings. The highest BCUT2D eigenvalue weighted by Crippen LogP contribution is 2.20. The number of carboxylic acid groups (broad SMARTS) is 2. The van der Waals surface area contributed by atoms with E-state index in [-0.39, 0.29) is 0 Å². The Morgan fingerprint density at radius 3 is 2.38 bits per heavy atom. The first-order chi connectivity index (χ1) is 9.99. The average molecular weight is 314 g/mol. The molecule has 0 aromatic heterocycles. The second kappa shape index (κ2) is 11.8. The molecule has 1 aromatic carbocycles. The van der Waals surface area contributed by atoms with Gasteiger partial charge in [0.1, 0.15) is 5.75 Å². The molecule has 0 atom stereocenters. The smallest absolute Gasteiger partial charge is 0.328 e. The lowest BCUT2D eigenvalue weighted by Crippen LogP contribution is -2.65. The van der Waals surface area contributed by atoms with Crippen molar-refractivity contribution in [3.63, 3.8) is 0 Å². The predicted molar refractivity (Wildman–Crippen MR) is 76.4 cm³/mol. The topological polar surface area (TPSA) is 126 Å². The summed E-state index contributed by atoms with van der Waals surface area (Å²) in [6.45, 7) is 0.927. The van der Waals surface area contributed by atoms with Gasteiger partial charge in [-0.3, -0.25) is 5.84 Å². The zero-order valence-corrected chi connectivity index (χ0v) is 12.4.